The average Bonchev–Trinajstić information content (AvgIpc) is 2.54. The molecule has 1 heterocycles. The molecule has 0 fully saturated rings. The molecule has 0 amide bonds. The summed E-state index contributed by atoms with van der Waals surface area (Å²) in [5.74, 6) is 0.206. The van der Waals surface area contributed by atoms with Crippen LogP contribution in [-0.2, 0) is 16.6 Å². The average molecular weight is 391 g/mol. The number of aromatic nitrogens is 1. The second kappa shape index (κ2) is 8.02. The zero-order valence-corrected chi connectivity index (χ0v) is 15.2. The minimum Gasteiger partial charge on any atom is -0.495 e. The highest BCUT2D eigenvalue weighted by atomic mass is 35.5. The Morgan fingerprint density at radius 3 is 2.58 bits per heavy atom. The van der Waals surface area contributed by atoms with Gasteiger partial charge in [0.15, 0.2) is 0 Å². The minimum atomic E-state index is -3.77. The Labute approximate surface area is 150 Å². The van der Waals surface area contributed by atoms with Gasteiger partial charge in [0.25, 0.3) is 5.56 Å². The first-order valence-electron chi connectivity index (χ1n) is 7.03. The number of benzene rings is 1. The van der Waals surface area contributed by atoms with Gasteiger partial charge in [-0.25, -0.2) is 13.1 Å². The van der Waals surface area contributed by atoms with Crippen LogP contribution in [0.5, 0.6) is 5.75 Å². The van der Waals surface area contributed by atoms with E-state index in [1.807, 2.05) is 0 Å². The number of sulfonamides is 1. The van der Waals surface area contributed by atoms with E-state index < -0.39 is 10.0 Å². The summed E-state index contributed by atoms with van der Waals surface area (Å²) in [6, 6.07) is 7.23. The van der Waals surface area contributed by atoms with Crippen molar-refractivity contribution in [2.45, 2.75) is 17.9 Å². The van der Waals surface area contributed by atoms with Crippen LogP contribution in [-0.4, -0.2) is 26.6 Å². The van der Waals surface area contributed by atoms with Crippen LogP contribution in [0, 0.1) is 0 Å². The number of aryl methyl sites for hydroxylation is 1. The monoisotopic (exact) mass is 390 g/mol. The molecule has 6 nitrogen and oxygen atoms in total. The molecule has 1 N–H and O–H groups in total. The first-order chi connectivity index (χ1) is 11.3. The third kappa shape index (κ3) is 4.73. The summed E-state index contributed by atoms with van der Waals surface area (Å²) in [6.07, 6.45) is 1.93. The molecular weight excluding hydrogens is 375 g/mol. The molecule has 0 saturated carbocycles. The van der Waals surface area contributed by atoms with E-state index in [0.717, 1.165) is 0 Å². The summed E-state index contributed by atoms with van der Waals surface area (Å²) in [4.78, 5) is 11.6. The van der Waals surface area contributed by atoms with E-state index in [1.54, 1.807) is 6.07 Å². The van der Waals surface area contributed by atoms with Gasteiger partial charge < -0.3 is 9.30 Å². The van der Waals surface area contributed by atoms with Crippen molar-refractivity contribution >= 4 is 33.2 Å². The molecule has 9 heteroatoms. The van der Waals surface area contributed by atoms with Crippen molar-refractivity contribution in [2.24, 2.45) is 0 Å². The second-order valence-corrected chi connectivity index (χ2v) is 7.53. The van der Waals surface area contributed by atoms with Crippen molar-refractivity contribution in [3.05, 3.63) is 56.9 Å². The van der Waals surface area contributed by atoms with Crippen molar-refractivity contribution in [1.82, 2.24) is 9.29 Å². The van der Waals surface area contributed by atoms with E-state index in [4.69, 9.17) is 27.9 Å². The number of halogens is 2. The number of rotatable bonds is 7. The summed E-state index contributed by atoms with van der Waals surface area (Å²) in [6.45, 7) is 0.492. The van der Waals surface area contributed by atoms with E-state index in [2.05, 4.69) is 4.72 Å². The van der Waals surface area contributed by atoms with E-state index in [-0.39, 0.29) is 22.7 Å². The van der Waals surface area contributed by atoms with E-state index in [1.165, 1.54) is 42.1 Å². The predicted octanol–water partition coefficient (Wildman–Crippen LogP) is 2.53. The molecule has 130 valence electrons. The topological polar surface area (TPSA) is 77.4 Å². The van der Waals surface area contributed by atoms with Gasteiger partial charge in [-0.15, -0.1) is 0 Å². The van der Waals surface area contributed by atoms with E-state index >= 15 is 0 Å². The molecule has 0 bridgehead atoms. The largest absolute Gasteiger partial charge is 0.495 e. The van der Waals surface area contributed by atoms with Gasteiger partial charge in [-0.05, 0) is 30.7 Å². The fourth-order valence-electron chi connectivity index (χ4n) is 2.07. The van der Waals surface area contributed by atoms with Gasteiger partial charge >= 0.3 is 0 Å². The highest BCUT2D eigenvalue weighted by Crippen LogP contribution is 2.26. The SMILES string of the molecule is COc1ccc(Cl)cc1S(=O)(=O)NCCCn1cc(Cl)ccc1=O. The fraction of sp³-hybridized carbons (Fsp3) is 0.267. The Bertz CT molecular complexity index is 881. The summed E-state index contributed by atoms with van der Waals surface area (Å²) < 4.78 is 33.7. The van der Waals surface area contributed by atoms with Crippen molar-refractivity contribution in [1.29, 1.82) is 0 Å². The lowest BCUT2D eigenvalue weighted by atomic mass is 10.3. The van der Waals surface area contributed by atoms with Gasteiger partial charge in [0, 0.05) is 30.4 Å². The van der Waals surface area contributed by atoms with Crippen LogP contribution in [0.15, 0.2) is 46.2 Å². The Kier molecular flexibility index (Phi) is 6.28. The lowest BCUT2D eigenvalue weighted by Crippen LogP contribution is -2.27. The normalized spacial score (nSPS) is 11.5. The molecule has 1 aromatic carbocycles. The number of ether oxygens (including phenoxy) is 1. The molecule has 24 heavy (non-hydrogen) atoms. The quantitative estimate of drug-likeness (QED) is 0.736. The minimum absolute atomic E-state index is 0.0302. The predicted molar refractivity (Wildman–Crippen MR) is 93.5 cm³/mol. The molecule has 0 aliphatic heterocycles. The van der Waals surface area contributed by atoms with Crippen molar-refractivity contribution < 1.29 is 13.2 Å². The molecule has 0 aliphatic rings. The highest BCUT2D eigenvalue weighted by Gasteiger charge is 2.19. The van der Waals surface area contributed by atoms with Gasteiger partial charge in [-0.2, -0.15) is 0 Å². The Morgan fingerprint density at radius 2 is 1.88 bits per heavy atom. The summed E-state index contributed by atoms with van der Waals surface area (Å²) in [5, 5.41) is 0.737. The third-order valence-corrected chi connectivity index (χ3v) is 5.17. The summed E-state index contributed by atoms with van der Waals surface area (Å²) in [5.41, 5.74) is -0.196. The molecule has 2 rings (SSSR count). The standard InChI is InChI=1S/C15H16Cl2N2O4S/c1-23-13-5-3-11(16)9-14(13)24(21,22)18-7-2-8-19-10-12(17)4-6-15(19)20/h3-6,9-10,18H,2,7-8H2,1H3. The maximum absolute atomic E-state index is 12.4. The fourth-order valence-corrected chi connectivity index (χ4v) is 3.76. The van der Waals surface area contributed by atoms with Gasteiger partial charge in [0.1, 0.15) is 10.6 Å². The molecular formula is C15H16Cl2N2O4S. The number of methoxy groups -OCH3 is 1. The number of hydrogen-bond acceptors (Lipinski definition) is 4. The maximum Gasteiger partial charge on any atom is 0.250 e. The number of nitrogens with zero attached hydrogens (tertiary/aromatic N) is 1. The van der Waals surface area contributed by atoms with Gasteiger partial charge in [0.05, 0.1) is 12.1 Å². The molecule has 0 unspecified atom stereocenters. The molecule has 1 aromatic heterocycles. The van der Waals surface area contributed by atoms with Gasteiger partial charge in [-0.1, -0.05) is 23.2 Å². The number of hydrogen-bond donors (Lipinski definition) is 1. The van der Waals surface area contributed by atoms with Crippen LogP contribution >= 0.6 is 23.2 Å². The highest BCUT2D eigenvalue weighted by molar-refractivity contribution is 7.89. The Balaban J connectivity index is 2.02. The smallest absolute Gasteiger partial charge is 0.250 e. The first-order valence-corrected chi connectivity index (χ1v) is 9.26. The summed E-state index contributed by atoms with van der Waals surface area (Å²) >= 11 is 11.7. The van der Waals surface area contributed by atoms with E-state index in [0.29, 0.717) is 23.0 Å². The van der Waals surface area contributed by atoms with Crippen LogP contribution in [0.25, 0.3) is 0 Å². The first kappa shape index (κ1) is 18.8. The molecule has 0 aliphatic carbocycles. The Hall–Kier alpha value is -1.54. The van der Waals surface area contributed by atoms with Crippen molar-refractivity contribution in [3.63, 3.8) is 0 Å². The number of nitrogens with one attached hydrogen (secondary N) is 1. The molecule has 0 atom stereocenters. The van der Waals surface area contributed by atoms with Crippen molar-refractivity contribution in [3.8, 4) is 5.75 Å². The summed E-state index contributed by atoms with van der Waals surface area (Å²) in [7, 11) is -2.39. The van der Waals surface area contributed by atoms with Crippen LogP contribution in [0.3, 0.4) is 0 Å². The number of pyridine rings is 1. The zero-order valence-electron chi connectivity index (χ0n) is 12.8. The third-order valence-electron chi connectivity index (χ3n) is 3.23. The second-order valence-electron chi connectivity index (χ2n) is 4.93. The zero-order chi connectivity index (χ0) is 17.7. The molecule has 0 radical (unpaired) electrons. The molecule has 0 saturated heterocycles. The Morgan fingerprint density at radius 1 is 1.17 bits per heavy atom. The van der Waals surface area contributed by atoms with E-state index in [9.17, 15) is 13.2 Å². The van der Waals surface area contributed by atoms with Crippen LogP contribution in [0.4, 0.5) is 0 Å². The van der Waals surface area contributed by atoms with Gasteiger partial charge in [-0.3, -0.25) is 4.79 Å². The molecule has 0 spiro atoms. The molecule has 2 aromatic rings. The van der Waals surface area contributed by atoms with Crippen LogP contribution in [0.1, 0.15) is 6.42 Å². The lowest BCUT2D eigenvalue weighted by Gasteiger charge is -2.11. The van der Waals surface area contributed by atoms with Gasteiger partial charge in [0.2, 0.25) is 10.0 Å². The van der Waals surface area contributed by atoms with Crippen molar-refractivity contribution in [2.75, 3.05) is 13.7 Å². The van der Waals surface area contributed by atoms with Crippen LogP contribution < -0.4 is 15.0 Å². The lowest BCUT2D eigenvalue weighted by molar-refractivity contribution is 0.402. The maximum atomic E-state index is 12.4. The van der Waals surface area contributed by atoms with Crippen LogP contribution in [0.2, 0.25) is 10.0 Å².